The van der Waals surface area contributed by atoms with Gasteiger partial charge in [0.15, 0.2) is 0 Å². The zero-order chi connectivity index (χ0) is 16.4. The lowest BCUT2D eigenvalue weighted by Crippen LogP contribution is -2.43. The van der Waals surface area contributed by atoms with Gasteiger partial charge in [0, 0.05) is 7.05 Å². The van der Waals surface area contributed by atoms with Crippen molar-refractivity contribution >= 4 is 17.6 Å². The lowest BCUT2D eigenvalue weighted by atomic mass is 10.3. The van der Waals surface area contributed by atoms with Crippen LogP contribution in [0.3, 0.4) is 0 Å². The molecule has 2 rings (SSSR count). The van der Waals surface area contributed by atoms with E-state index >= 15 is 0 Å². The summed E-state index contributed by atoms with van der Waals surface area (Å²) in [4.78, 5) is 36.2. The van der Waals surface area contributed by atoms with Gasteiger partial charge < -0.3 is 4.74 Å². The molecule has 0 fully saturated rings. The highest BCUT2D eigenvalue weighted by Crippen LogP contribution is 2.19. The van der Waals surface area contributed by atoms with E-state index in [-0.39, 0.29) is 17.3 Å². The molecule has 0 radical (unpaired) electrons. The van der Waals surface area contributed by atoms with Crippen molar-refractivity contribution in [3.05, 3.63) is 55.6 Å². The molecule has 0 N–H and O–H groups in total. The summed E-state index contributed by atoms with van der Waals surface area (Å²) in [6.45, 7) is 1.61. The molecular formula is C13H11ClFN3O4. The maximum Gasteiger partial charge on any atom is 0.364 e. The van der Waals surface area contributed by atoms with Crippen LogP contribution in [0, 0.1) is 5.82 Å². The summed E-state index contributed by atoms with van der Waals surface area (Å²) in [6, 6.07) is 3.15. The van der Waals surface area contributed by atoms with Crippen molar-refractivity contribution in [3.8, 4) is 5.69 Å². The number of halogens is 2. The van der Waals surface area contributed by atoms with Gasteiger partial charge in [-0.3, -0.25) is 4.79 Å². The zero-order valence-corrected chi connectivity index (χ0v) is 12.4. The fraction of sp³-hybridized carbons (Fsp3) is 0.231. The highest BCUT2D eigenvalue weighted by atomic mass is 35.5. The minimum Gasteiger partial charge on any atom is -0.461 e. The standard InChI is InChI=1S/C13H11ClFN3O4/c1-3-22-12(20)10-11(19)18(13(21)17(2)16-10)9-5-4-7(15)6-8(9)14/h4-6H,3H2,1-2H3. The topological polar surface area (TPSA) is 83.2 Å². The molecule has 1 aromatic heterocycles. The van der Waals surface area contributed by atoms with Gasteiger partial charge in [-0.15, -0.1) is 0 Å². The maximum atomic E-state index is 13.1. The number of esters is 1. The summed E-state index contributed by atoms with van der Waals surface area (Å²) in [7, 11) is 1.26. The average Bonchev–Trinajstić information content (AvgIpc) is 2.45. The van der Waals surface area contributed by atoms with E-state index in [0.29, 0.717) is 4.57 Å². The van der Waals surface area contributed by atoms with E-state index in [1.807, 2.05) is 0 Å². The molecule has 116 valence electrons. The van der Waals surface area contributed by atoms with Crippen molar-refractivity contribution < 1.29 is 13.9 Å². The van der Waals surface area contributed by atoms with E-state index < -0.39 is 28.7 Å². The smallest absolute Gasteiger partial charge is 0.364 e. The third-order valence-corrected chi connectivity index (χ3v) is 3.05. The first kappa shape index (κ1) is 15.9. The zero-order valence-electron chi connectivity index (χ0n) is 11.7. The Balaban J connectivity index is 2.78. The van der Waals surface area contributed by atoms with Gasteiger partial charge in [0.25, 0.3) is 5.56 Å². The van der Waals surface area contributed by atoms with Crippen molar-refractivity contribution in [2.24, 2.45) is 7.05 Å². The van der Waals surface area contributed by atoms with Gasteiger partial charge in [-0.25, -0.2) is 23.2 Å². The summed E-state index contributed by atoms with van der Waals surface area (Å²) in [5.74, 6) is -1.59. The molecule has 2 aromatic rings. The largest absolute Gasteiger partial charge is 0.461 e. The first-order chi connectivity index (χ1) is 10.4. The van der Waals surface area contributed by atoms with Crippen molar-refractivity contribution in [2.45, 2.75) is 6.92 Å². The predicted molar refractivity (Wildman–Crippen MR) is 76.0 cm³/mol. The van der Waals surface area contributed by atoms with Crippen LogP contribution in [-0.2, 0) is 11.8 Å². The number of carbonyl (C=O) groups excluding carboxylic acids is 1. The molecule has 0 unspecified atom stereocenters. The highest BCUT2D eigenvalue weighted by Gasteiger charge is 2.21. The van der Waals surface area contributed by atoms with Gasteiger partial charge >= 0.3 is 11.7 Å². The van der Waals surface area contributed by atoms with Gasteiger partial charge in [-0.1, -0.05) is 11.6 Å². The van der Waals surface area contributed by atoms with Crippen LogP contribution in [0.1, 0.15) is 17.4 Å². The van der Waals surface area contributed by atoms with Crippen LogP contribution in [0.5, 0.6) is 0 Å². The second-order valence-electron chi connectivity index (χ2n) is 4.21. The van der Waals surface area contributed by atoms with Crippen molar-refractivity contribution in [2.75, 3.05) is 6.61 Å². The minimum absolute atomic E-state index is 0.0418. The fourth-order valence-corrected chi connectivity index (χ4v) is 2.03. The molecule has 0 bridgehead atoms. The van der Waals surface area contributed by atoms with E-state index in [2.05, 4.69) is 5.10 Å². The number of aryl methyl sites for hydroxylation is 1. The molecule has 0 aliphatic rings. The van der Waals surface area contributed by atoms with Gasteiger partial charge in [-0.05, 0) is 25.1 Å². The normalized spacial score (nSPS) is 10.5. The van der Waals surface area contributed by atoms with Crippen molar-refractivity contribution in [3.63, 3.8) is 0 Å². The van der Waals surface area contributed by atoms with E-state index in [9.17, 15) is 18.8 Å². The molecule has 0 atom stereocenters. The molecule has 1 aromatic carbocycles. The summed E-state index contributed by atoms with van der Waals surface area (Å²) in [6.07, 6.45) is 0. The number of hydrogen-bond acceptors (Lipinski definition) is 5. The summed E-state index contributed by atoms with van der Waals surface area (Å²) in [5.41, 5.74) is -2.44. The third-order valence-electron chi connectivity index (χ3n) is 2.74. The van der Waals surface area contributed by atoms with E-state index in [4.69, 9.17) is 16.3 Å². The van der Waals surface area contributed by atoms with Gasteiger partial charge in [0.2, 0.25) is 5.69 Å². The molecule has 22 heavy (non-hydrogen) atoms. The molecule has 0 saturated carbocycles. The lowest BCUT2D eigenvalue weighted by Gasteiger charge is -2.10. The number of ether oxygens (including phenoxy) is 1. The lowest BCUT2D eigenvalue weighted by molar-refractivity contribution is 0.0513. The van der Waals surface area contributed by atoms with Crippen LogP contribution < -0.4 is 11.2 Å². The number of hydrogen-bond donors (Lipinski definition) is 0. The quantitative estimate of drug-likeness (QED) is 0.782. The van der Waals surface area contributed by atoms with Crippen molar-refractivity contribution in [1.29, 1.82) is 0 Å². The van der Waals surface area contributed by atoms with Gasteiger partial charge in [-0.2, -0.15) is 5.10 Å². The van der Waals surface area contributed by atoms with Crippen LogP contribution >= 0.6 is 11.6 Å². The fourth-order valence-electron chi connectivity index (χ4n) is 1.78. The first-order valence-electron chi connectivity index (χ1n) is 6.19. The molecule has 0 aliphatic heterocycles. The molecule has 9 heteroatoms. The molecule has 0 saturated heterocycles. The Bertz CT molecular complexity index is 859. The molecule has 0 aliphatic carbocycles. The second-order valence-corrected chi connectivity index (χ2v) is 4.62. The second kappa shape index (κ2) is 6.10. The molecule has 0 amide bonds. The Morgan fingerprint density at radius 2 is 2.09 bits per heavy atom. The van der Waals surface area contributed by atoms with Crippen LogP contribution in [0.2, 0.25) is 5.02 Å². The third kappa shape index (κ3) is 2.77. The molecule has 1 heterocycles. The number of carbonyl (C=O) groups is 1. The minimum atomic E-state index is -0.991. The monoisotopic (exact) mass is 327 g/mol. The summed E-state index contributed by atoms with van der Waals surface area (Å²) >= 11 is 5.87. The van der Waals surface area contributed by atoms with Crippen LogP contribution in [0.25, 0.3) is 5.69 Å². The van der Waals surface area contributed by atoms with Crippen LogP contribution in [0.15, 0.2) is 27.8 Å². The van der Waals surface area contributed by atoms with Gasteiger partial charge in [0.1, 0.15) is 5.82 Å². The van der Waals surface area contributed by atoms with Crippen LogP contribution in [-0.4, -0.2) is 26.9 Å². The molecule has 7 nitrogen and oxygen atoms in total. The first-order valence-corrected chi connectivity index (χ1v) is 6.57. The van der Waals surface area contributed by atoms with Crippen LogP contribution in [0.4, 0.5) is 4.39 Å². The van der Waals surface area contributed by atoms with Crippen molar-refractivity contribution in [1.82, 2.24) is 14.3 Å². The highest BCUT2D eigenvalue weighted by molar-refractivity contribution is 6.32. The summed E-state index contributed by atoms with van der Waals surface area (Å²) < 4.78 is 19.3. The Hall–Kier alpha value is -2.48. The summed E-state index contributed by atoms with van der Waals surface area (Å²) in [5, 5.41) is 3.45. The van der Waals surface area contributed by atoms with E-state index in [1.54, 1.807) is 6.92 Å². The van der Waals surface area contributed by atoms with E-state index in [0.717, 1.165) is 22.9 Å². The Kier molecular flexibility index (Phi) is 4.41. The van der Waals surface area contributed by atoms with E-state index in [1.165, 1.54) is 7.05 Å². The number of nitrogens with zero attached hydrogens (tertiary/aromatic N) is 3. The van der Waals surface area contributed by atoms with Gasteiger partial charge in [0.05, 0.1) is 17.3 Å². The number of benzene rings is 1. The SMILES string of the molecule is CCOC(=O)c1nn(C)c(=O)n(-c2ccc(F)cc2Cl)c1=O. The maximum absolute atomic E-state index is 13.1. The Morgan fingerprint density at radius 1 is 1.41 bits per heavy atom. The number of rotatable bonds is 3. The average molecular weight is 328 g/mol. The predicted octanol–water partition coefficient (Wildman–Crippen LogP) is 0.900. The Labute approximate surface area is 128 Å². The number of aromatic nitrogens is 3. The molecule has 0 spiro atoms. The molecular weight excluding hydrogens is 317 g/mol. The Morgan fingerprint density at radius 3 is 2.68 bits per heavy atom.